The van der Waals surface area contributed by atoms with Crippen molar-refractivity contribution in [1.29, 1.82) is 0 Å². The number of hydrogen-bond donors (Lipinski definition) is 1. The lowest BCUT2D eigenvalue weighted by Crippen LogP contribution is -2.51. The first-order valence-corrected chi connectivity index (χ1v) is 12.2. The number of nitrogens with zero attached hydrogens (tertiary/aromatic N) is 2. The van der Waals surface area contributed by atoms with E-state index in [0.717, 1.165) is 9.87 Å². The number of likely N-dealkylation sites (N-methyl/N-ethyl adjacent to an activating group) is 1. The molecule has 2 rings (SSSR count). The molecule has 0 aromatic heterocycles. The molecule has 0 unspecified atom stereocenters. The average molecular weight is 496 g/mol. The van der Waals surface area contributed by atoms with Crippen LogP contribution in [0.1, 0.15) is 26.3 Å². The van der Waals surface area contributed by atoms with Gasteiger partial charge in [0.1, 0.15) is 11.8 Å². The van der Waals surface area contributed by atoms with E-state index >= 15 is 0 Å². The van der Waals surface area contributed by atoms with Crippen molar-refractivity contribution in [3.8, 4) is 5.75 Å². The molecule has 33 heavy (non-hydrogen) atoms. The molecule has 0 saturated heterocycles. The van der Waals surface area contributed by atoms with Gasteiger partial charge < -0.3 is 15.0 Å². The Labute approximate surface area is 200 Å². The van der Waals surface area contributed by atoms with E-state index in [0.29, 0.717) is 10.8 Å². The fourth-order valence-corrected chi connectivity index (χ4v) is 4.31. The van der Waals surface area contributed by atoms with Crippen LogP contribution in [0.15, 0.2) is 53.4 Å². The zero-order valence-corrected chi connectivity index (χ0v) is 21.0. The van der Waals surface area contributed by atoms with Crippen LogP contribution in [0.4, 0.5) is 0 Å². The number of amides is 2. The van der Waals surface area contributed by atoms with E-state index in [1.54, 1.807) is 38.3 Å². The lowest BCUT2D eigenvalue weighted by Gasteiger charge is -2.30. The van der Waals surface area contributed by atoms with Crippen molar-refractivity contribution in [3.63, 3.8) is 0 Å². The monoisotopic (exact) mass is 495 g/mol. The first kappa shape index (κ1) is 26.6. The second-order valence-electron chi connectivity index (χ2n) is 7.92. The van der Waals surface area contributed by atoms with E-state index in [-0.39, 0.29) is 23.4 Å². The summed E-state index contributed by atoms with van der Waals surface area (Å²) in [7, 11) is -1.04. The largest absolute Gasteiger partial charge is 0.497 e. The summed E-state index contributed by atoms with van der Waals surface area (Å²) in [6, 6.07) is 11.9. The molecule has 8 nitrogen and oxygen atoms in total. The summed E-state index contributed by atoms with van der Waals surface area (Å²) < 4.78 is 31.9. The summed E-state index contributed by atoms with van der Waals surface area (Å²) in [5, 5.41) is 3.21. The SMILES string of the molecule is COc1ccc(CN(C(=O)CN(C)S(=O)(=O)c2ccc(Cl)cc2)[C@@H](C)C(=O)NC(C)C)cc1. The van der Waals surface area contributed by atoms with Crippen LogP contribution in [0.3, 0.4) is 0 Å². The molecule has 0 aliphatic heterocycles. The molecule has 0 aliphatic rings. The lowest BCUT2D eigenvalue weighted by molar-refractivity contribution is -0.140. The highest BCUT2D eigenvalue weighted by Crippen LogP contribution is 2.19. The smallest absolute Gasteiger partial charge is 0.243 e. The first-order chi connectivity index (χ1) is 15.4. The molecule has 2 amide bonds. The number of ether oxygens (including phenoxy) is 1. The molecule has 0 heterocycles. The van der Waals surface area contributed by atoms with Crippen LogP contribution in [0, 0.1) is 0 Å². The Morgan fingerprint density at radius 3 is 2.12 bits per heavy atom. The fraction of sp³-hybridized carbons (Fsp3) is 0.391. The zero-order valence-electron chi connectivity index (χ0n) is 19.4. The van der Waals surface area contributed by atoms with Crippen LogP contribution < -0.4 is 10.1 Å². The molecule has 1 atom stereocenters. The van der Waals surface area contributed by atoms with Gasteiger partial charge in [0.25, 0.3) is 0 Å². The number of benzene rings is 2. The topological polar surface area (TPSA) is 96.0 Å². The Morgan fingerprint density at radius 1 is 1.03 bits per heavy atom. The van der Waals surface area contributed by atoms with Gasteiger partial charge in [-0.1, -0.05) is 23.7 Å². The van der Waals surface area contributed by atoms with Crippen molar-refractivity contribution in [2.24, 2.45) is 0 Å². The second kappa shape index (κ2) is 11.5. The van der Waals surface area contributed by atoms with Gasteiger partial charge in [0.05, 0.1) is 18.6 Å². The number of sulfonamides is 1. The summed E-state index contributed by atoms with van der Waals surface area (Å²) in [4.78, 5) is 27.3. The van der Waals surface area contributed by atoms with Crippen LogP contribution in [0.2, 0.25) is 5.02 Å². The number of halogens is 1. The molecule has 10 heteroatoms. The minimum Gasteiger partial charge on any atom is -0.497 e. The first-order valence-electron chi connectivity index (χ1n) is 10.4. The Kier molecular flexibility index (Phi) is 9.27. The second-order valence-corrected chi connectivity index (χ2v) is 10.4. The molecule has 0 fully saturated rings. The van der Waals surface area contributed by atoms with Gasteiger partial charge >= 0.3 is 0 Å². The van der Waals surface area contributed by atoms with Crippen molar-refractivity contribution < 1.29 is 22.7 Å². The number of methoxy groups -OCH3 is 1. The normalized spacial score (nSPS) is 12.5. The maximum atomic E-state index is 13.2. The van der Waals surface area contributed by atoms with E-state index in [1.165, 1.54) is 36.2 Å². The Morgan fingerprint density at radius 2 is 1.61 bits per heavy atom. The lowest BCUT2D eigenvalue weighted by atomic mass is 10.1. The maximum absolute atomic E-state index is 13.2. The molecule has 0 bridgehead atoms. The molecule has 0 saturated carbocycles. The van der Waals surface area contributed by atoms with Gasteiger partial charge in [0.15, 0.2) is 0 Å². The number of hydrogen-bond acceptors (Lipinski definition) is 5. The summed E-state index contributed by atoms with van der Waals surface area (Å²) in [5.74, 6) is -0.164. The van der Waals surface area contributed by atoms with Crippen LogP contribution in [0.5, 0.6) is 5.75 Å². The van der Waals surface area contributed by atoms with Crippen molar-refractivity contribution in [2.45, 2.75) is 44.3 Å². The predicted octanol–water partition coefficient (Wildman–Crippen LogP) is 2.91. The summed E-state index contributed by atoms with van der Waals surface area (Å²) in [6.45, 7) is 4.97. The minimum atomic E-state index is -3.92. The van der Waals surface area contributed by atoms with Crippen LogP contribution in [-0.2, 0) is 26.2 Å². The Hall–Kier alpha value is -2.62. The van der Waals surface area contributed by atoms with E-state index in [4.69, 9.17) is 16.3 Å². The minimum absolute atomic E-state index is 0.0227. The van der Waals surface area contributed by atoms with Crippen molar-refractivity contribution in [3.05, 3.63) is 59.1 Å². The van der Waals surface area contributed by atoms with Gasteiger partial charge in [-0.25, -0.2) is 8.42 Å². The van der Waals surface area contributed by atoms with Crippen molar-refractivity contribution in [1.82, 2.24) is 14.5 Å². The Bertz CT molecular complexity index is 1060. The van der Waals surface area contributed by atoms with Gasteiger partial charge in [0, 0.05) is 24.7 Å². The molecule has 1 N–H and O–H groups in total. The maximum Gasteiger partial charge on any atom is 0.243 e. The van der Waals surface area contributed by atoms with E-state index in [9.17, 15) is 18.0 Å². The van der Waals surface area contributed by atoms with Crippen LogP contribution >= 0.6 is 11.6 Å². The third-order valence-electron chi connectivity index (χ3n) is 4.99. The Balaban J connectivity index is 2.27. The third kappa shape index (κ3) is 7.18. The van der Waals surface area contributed by atoms with E-state index in [2.05, 4.69) is 5.32 Å². The molecule has 0 radical (unpaired) electrons. The number of rotatable bonds is 10. The highest BCUT2D eigenvalue weighted by Gasteiger charge is 2.30. The van der Waals surface area contributed by atoms with Crippen LogP contribution in [-0.4, -0.2) is 62.2 Å². The van der Waals surface area contributed by atoms with Gasteiger partial charge in [0.2, 0.25) is 21.8 Å². The third-order valence-corrected chi connectivity index (χ3v) is 7.06. The van der Waals surface area contributed by atoms with Crippen molar-refractivity contribution >= 4 is 33.4 Å². The molecule has 180 valence electrons. The zero-order chi connectivity index (χ0) is 24.8. The number of carbonyl (C=O) groups excluding carboxylic acids is 2. The highest BCUT2D eigenvalue weighted by atomic mass is 35.5. The quantitative estimate of drug-likeness (QED) is 0.546. The standard InChI is InChI=1S/C23H30ClN3O5S/c1-16(2)25-23(29)17(3)27(14-18-6-10-20(32-5)11-7-18)22(28)15-26(4)33(30,31)21-12-8-19(24)9-13-21/h6-13,16-17H,14-15H2,1-5H3,(H,25,29)/t17-/m0/s1. The molecular weight excluding hydrogens is 466 g/mol. The average Bonchev–Trinajstić information content (AvgIpc) is 2.77. The van der Waals surface area contributed by atoms with Gasteiger partial charge in [-0.3, -0.25) is 9.59 Å². The van der Waals surface area contributed by atoms with Gasteiger partial charge in [-0.15, -0.1) is 0 Å². The molecule has 2 aromatic rings. The van der Waals surface area contributed by atoms with Gasteiger partial charge in [-0.2, -0.15) is 4.31 Å². The highest BCUT2D eigenvalue weighted by molar-refractivity contribution is 7.89. The molecular formula is C23H30ClN3O5S. The van der Waals surface area contributed by atoms with Gasteiger partial charge in [-0.05, 0) is 62.7 Å². The van der Waals surface area contributed by atoms with Crippen molar-refractivity contribution in [2.75, 3.05) is 20.7 Å². The van der Waals surface area contributed by atoms with Crippen LogP contribution in [0.25, 0.3) is 0 Å². The fourth-order valence-electron chi connectivity index (χ4n) is 3.07. The predicted molar refractivity (Wildman–Crippen MR) is 128 cm³/mol. The number of carbonyl (C=O) groups is 2. The van der Waals surface area contributed by atoms with E-state index in [1.807, 2.05) is 13.8 Å². The summed E-state index contributed by atoms with van der Waals surface area (Å²) in [5.41, 5.74) is 0.775. The molecule has 0 spiro atoms. The summed E-state index contributed by atoms with van der Waals surface area (Å²) in [6.07, 6.45) is 0. The number of nitrogens with one attached hydrogen (secondary N) is 1. The molecule has 2 aromatic carbocycles. The summed E-state index contributed by atoms with van der Waals surface area (Å²) >= 11 is 5.85. The molecule has 0 aliphatic carbocycles. The van der Waals surface area contributed by atoms with E-state index < -0.39 is 28.5 Å².